The Kier molecular flexibility index (Phi) is 1.69. The van der Waals surface area contributed by atoms with Crippen LogP contribution < -0.4 is 5.32 Å². The molecule has 3 N–H and O–H groups in total. The van der Waals surface area contributed by atoms with Crippen LogP contribution >= 0.6 is 0 Å². The lowest BCUT2D eigenvalue weighted by Crippen LogP contribution is -1.96. The first-order valence-corrected chi connectivity index (χ1v) is 2.51. The monoisotopic (exact) mass is 153 g/mol. The van der Waals surface area contributed by atoms with Gasteiger partial charge in [-0.1, -0.05) is 0 Å². The third-order valence-corrected chi connectivity index (χ3v) is 0.780. The number of aromatic nitrogens is 3. The number of nitriles is 1. The van der Waals surface area contributed by atoms with Crippen LogP contribution in [0.25, 0.3) is 0 Å². The standard InChI is InChI=1S/C4H3N5O2/c5-1-6-2-7-3(10)9-4(11)8-2/h(H3,6,7,8,9,10,11). The van der Waals surface area contributed by atoms with Gasteiger partial charge in [-0.2, -0.15) is 15.2 Å². The largest absolute Gasteiger partial charge is 0.479 e. The average Bonchev–Trinajstić information content (AvgIpc) is 1.85. The maximum absolute atomic E-state index is 8.65. The molecular formula is C4H3N5O2. The van der Waals surface area contributed by atoms with E-state index >= 15 is 0 Å². The molecule has 56 valence electrons. The maximum Gasteiger partial charge on any atom is 0.321 e. The van der Waals surface area contributed by atoms with Crippen molar-refractivity contribution < 1.29 is 10.2 Å². The summed E-state index contributed by atoms with van der Waals surface area (Å²) in [6.45, 7) is 0. The lowest BCUT2D eigenvalue weighted by atomic mass is 10.9. The molecule has 0 aromatic carbocycles. The molecule has 0 atom stereocenters. The summed E-state index contributed by atoms with van der Waals surface area (Å²) >= 11 is 0. The van der Waals surface area contributed by atoms with Crippen LogP contribution in [0.4, 0.5) is 5.95 Å². The zero-order valence-electron chi connectivity index (χ0n) is 5.18. The lowest BCUT2D eigenvalue weighted by Gasteiger charge is -1.94. The van der Waals surface area contributed by atoms with Crippen LogP contribution in [0.2, 0.25) is 0 Å². The Morgan fingerprint density at radius 1 is 1.18 bits per heavy atom. The Labute approximate surface area is 61.0 Å². The first-order valence-electron chi connectivity index (χ1n) is 2.51. The highest BCUT2D eigenvalue weighted by Crippen LogP contribution is 2.08. The third kappa shape index (κ3) is 1.65. The molecule has 1 aromatic heterocycles. The van der Waals surface area contributed by atoms with Crippen LogP contribution in [-0.2, 0) is 0 Å². The SMILES string of the molecule is N#CNc1nc(O)nc(O)n1. The van der Waals surface area contributed by atoms with Crippen molar-refractivity contribution in [2.45, 2.75) is 0 Å². The number of nitrogens with one attached hydrogen (secondary N) is 1. The van der Waals surface area contributed by atoms with Gasteiger partial charge >= 0.3 is 12.0 Å². The van der Waals surface area contributed by atoms with Crippen molar-refractivity contribution in [1.82, 2.24) is 15.0 Å². The molecule has 1 heterocycles. The van der Waals surface area contributed by atoms with Crippen molar-refractivity contribution in [3.05, 3.63) is 0 Å². The van der Waals surface area contributed by atoms with E-state index in [9.17, 15) is 0 Å². The van der Waals surface area contributed by atoms with E-state index in [2.05, 4.69) is 15.0 Å². The third-order valence-electron chi connectivity index (χ3n) is 0.780. The van der Waals surface area contributed by atoms with Gasteiger partial charge in [0, 0.05) is 0 Å². The molecule has 7 nitrogen and oxygen atoms in total. The van der Waals surface area contributed by atoms with Gasteiger partial charge < -0.3 is 10.2 Å². The van der Waals surface area contributed by atoms with Crippen LogP contribution in [0.5, 0.6) is 12.0 Å². The van der Waals surface area contributed by atoms with Crippen LogP contribution in [0.1, 0.15) is 0 Å². The second-order valence-corrected chi connectivity index (χ2v) is 1.50. The van der Waals surface area contributed by atoms with Gasteiger partial charge in [0.2, 0.25) is 5.95 Å². The second-order valence-electron chi connectivity index (χ2n) is 1.50. The molecule has 0 amide bonds. The highest BCUT2D eigenvalue weighted by atomic mass is 16.3. The van der Waals surface area contributed by atoms with E-state index in [-0.39, 0.29) is 5.95 Å². The first kappa shape index (κ1) is 7.01. The van der Waals surface area contributed by atoms with Gasteiger partial charge in [-0.3, -0.25) is 5.32 Å². The van der Waals surface area contributed by atoms with Crippen molar-refractivity contribution in [3.63, 3.8) is 0 Å². The molecule has 0 spiro atoms. The summed E-state index contributed by atoms with van der Waals surface area (Å²) in [5.41, 5.74) is 0. The zero-order chi connectivity index (χ0) is 8.27. The van der Waals surface area contributed by atoms with Crippen LogP contribution in [0, 0.1) is 11.5 Å². The first-order chi connectivity index (χ1) is 5.22. The predicted molar refractivity (Wildman–Crippen MR) is 32.4 cm³/mol. The highest BCUT2D eigenvalue weighted by Gasteiger charge is 2.01. The molecule has 0 fully saturated rings. The molecule has 0 unspecified atom stereocenters. The molecule has 0 saturated heterocycles. The van der Waals surface area contributed by atoms with E-state index in [0.29, 0.717) is 0 Å². The van der Waals surface area contributed by atoms with Gasteiger partial charge in [0.05, 0.1) is 0 Å². The Morgan fingerprint density at radius 3 is 2.18 bits per heavy atom. The Balaban J connectivity index is 3.01. The van der Waals surface area contributed by atoms with Crippen molar-refractivity contribution in [2.75, 3.05) is 5.32 Å². The van der Waals surface area contributed by atoms with E-state index in [1.54, 1.807) is 0 Å². The molecule has 11 heavy (non-hydrogen) atoms. The van der Waals surface area contributed by atoms with E-state index in [4.69, 9.17) is 15.5 Å². The highest BCUT2D eigenvalue weighted by molar-refractivity contribution is 5.31. The Hall–Kier alpha value is -2.10. The summed E-state index contributed by atoms with van der Waals surface area (Å²) < 4.78 is 0. The minimum absolute atomic E-state index is 0.197. The summed E-state index contributed by atoms with van der Waals surface area (Å²) in [6, 6.07) is -1.29. The quantitative estimate of drug-likeness (QED) is 0.356. The van der Waals surface area contributed by atoms with E-state index in [1.807, 2.05) is 5.32 Å². The second kappa shape index (κ2) is 2.66. The van der Waals surface area contributed by atoms with Crippen molar-refractivity contribution in [1.29, 1.82) is 5.26 Å². The van der Waals surface area contributed by atoms with Crippen molar-refractivity contribution >= 4 is 5.95 Å². The minimum atomic E-state index is -0.643. The summed E-state index contributed by atoms with van der Waals surface area (Å²) in [5, 5.41) is 27.4. The molecule has 1 aromatic rings. The fourth-order valence-corrected chi connectivity index (χ4v) is 0.460. The molecular weight excluding hydrogens is 150 g/mol. The summed E-state index contributed by atoms with van der Waals surface area (Å²) in [5.74, 6) is -0.197. The summed E-state index contributed by atoms with van der Waals surface area (Å²) in [6.07, 6.45) is 1.51. The van der Waals surface area contributed by atoms with Gasteiger partial charge in [0.15, 0.2) is 6.19 Å². The van der Waals surface area contributed by atoms with Crippen LogP contribution in [0.3, 0.4) is 0 Å². The van der Waals surface area contributed by atoms with Gasteiger partial charge in [0.25, 0.3) is 0 Å². The van der Waals surface area contributed by atoms with Crippen molar-refractivity contribution in [2.24, 2.45) is 0 Å². The molecule has 1 rings (SSSR count). The normalized spacial score (nSPS) is 8.64. The molecule has 0 aliphatic heterocycles. The Morgan fingerprint density at radius 2 is 1.73 bits per heavy atom. The molecule has 0 aliphatic carbocycles. The minimum Gasteiger partial charge on any atom is -0.479 e. The van der Waals surface area contributed by atoms with Crippen LogP contribution in [0.15, 0.2) is 0 Å². The topological polar surface area (TPSA) is 115 Å². The number of hydrogen-bond donors (Lipinski definition) is 3. The molecule has 0 saturated carbocycles. The van der Waals surface area contributed by atoms with Gasteiger partial charge in [-0.15, -0.1) is 4.98 Å². The van der Waals surface area contributed by atoms with Crippen molar-refractivity contribution in [3.8, 4) is 18.2 Å². The zero-order valence-corrected chi connectivity index (χ0v) is 5.18. The van der Waals surface area contributed by atoms with Crippen LogP contribution in [-0.4, -0.2) is 25.2 Å². The fourth-order valence-electron chi connectivity index (χ4n) is 0.460. The predicted octanol–water partition coefficient (Wildman–Crippen LogP) is -0.824. The van der Waals surface area contributed by atoms with Gasteiger partial charge in [-0.05, 0) is 0 Å². The molecule has 7 heteroatoms. The van der Waals surface area contributed by atoms with E-state index in [0.717, 1.165) is 0 Å². The lowest BCUT2D eigenvalue weighted by molar-refractivity contribution is 0.384. The summed E-state index contributed by atoms with van der Waals surface area (Å²) in [4.78, 5) is 9.58. The molecule has 0 bridgehead atoms. The average molecular weight is 153 g/mol. The molecule has 0 aliphatic rings. The Bertz CT molecular complexity index is 286. The van der Waals surface area contributed by atoms with E-state index < -0.39 is 12.0 Å². The molecule has 0 radical (unpaired) electrons. The maximum atomic E-state index is 8.65. The van der Waals surface area contributed by atoms with Gasteiger partial charge in [-0.25, -0.2) is 0 Å². The number of rotatable bonds is 1. The smallest absolute Gasteiger partial charge is 0.321 e. The number of aromatic hydroxyl groups is 2. The number of hydrogen-bond acceptors (Lipinski definition) is 7. The summed E-state index contributed by atoms with van der Waals surface area (Å²) in [7, 11) is 0. The van der Waals surface area contributed by atoms with E-state index in [1.165, 1.54) is 6.19 Å². The van der Waals surface area contributed by atoms with Gasteiger partial charge in [0.1, 0.15) is 0 Å². The number of nitrogens with zero attached hydrogens (tertiary/aromatic N) is 4. The fraction of sp³-hybridized carbons (Fsp3) is 0. The number of anilines is 1.